The fourth-order valence-corrected chi connectivity index (χ4v) is 5.89. The number of aliphatic hydroxyl groups excluding tert-OH is 2. The quantitative estimate of drug-likeness (QED) is 0.0454. The number of hydrogen-bond donors (Lipinski definition) is 7. The van der Waals surface area contributed by atoms with Crippen molar-refractivity contribution in [3.63, 3.8) is 0 Å². The number of aliphatic imine (C=N–C) groups is 1. The Morgan fingerprint density at radius 3 is 2.21 bits per heavy atom. The molecular weight excluding hydrogens is 510 g/mol. The van der Waals surface area contributed by atoms with Crippen LogP contribution in [0.25, 0.3) is 0 Å². The molecular formula is C24H49N9O4S. The first-order valence-corrected chi connectivity index (χ1v) is 14.2. The highest BCUT2D eigenvalue weighted by molar-refractivity contribution is 7.78. The molecule has 2 heterocycles. The zero-order chi connectivity index (χ0) is 28.0. The van der Waals surface area contributed by atoms with E-state index in [0.717, 1.165) is 25.8 Å². The average molecular weight is 560 g/mol. The Balaban J connectivity index is 1.64. The third-order valence-corrected chi connectivity index (χ3v) is 8.50. The lowest BCUT2D eigenvalue weighted by atomic mass is 9.70. The maximum Gasteiger partial charge on any atom is 0.160 e. The zero-order valence-electron chi connectivity index (χ0n) is 22.9. The van der Waals surface area contributed by atoms with Crippen molar-refractivity contribution in [2.24, 2.45) is 45.7 Å². The highest BCUT2D eigenvalue weighted by atomic mass is 32.1. The monoisotopic (exact) mass is 559 g/mol. The van der Waals surface area contributed by atoms with Crippen LogP contribution in [0.5, 0.6) is 0 Å². The van der Waals surface area contributed by atoms with E-state index in [-0.39, 0.29) is 37.0 Å². The van der Waals surface area contributed by atoms with Crippen molar-refractivity contribution in [3.05, 3.63) is 0 Å². The van der Waals surface area contributed by atoms with E-state index < -0.39 is 12.7 Å². The molecule has 1 aliphatic carbocycles. The number of isothiocyanates is 1. The van der Waals surface area contributed by atoms with Gasteiger partial charge in [0.15, 0.2) is 18.9 Å². The number of nitrogens with zero attached hydrogens (tertiary/aromatic N) is 4. The molecule has 2 saturated heterocycles. The van der Waals surface area contributed by atoms with E-state index >= 15 is 0 Å². The lowest BCUT2D eigenvalue weighted by molar-refractivity contribution is -0.0536. The van der Waals surface area contributed by atoms with Crippen molar-refractivity contribution in [1.29, 1.82) is 0 Å². The van der Waals surface area contributed by atoms with Crippen molar-refractivity contribution < 1.29 is 19.7 Å². The minimum Gasteiger partial charge on any atom is -0.365 e. The standard InChI is InChI=1S/C24H49N9O4S/c1-4-31(22-20(26)37-22)5-6-32(23(27)34)7-8-33(24(28)35)17(12-29-21-19(25)36-21)11-16-9-15(3)18(30-13-38)10-14(16)2/h14-24,29,34-35H,4-12,25-28H2,1-3H3. The third kappa shape index (κ3) is 9.18. The van der Waals surface area contributed by atoms with Crippen LogP contribution < -0.4 is 28.3 Å². The summed E-state index contributed by atoms with van der Waals surface area (Å²) < 4.78 is 10.7. The number of hydrogen-bond acceptors (Lipinski definition) is 14. The summed E-state index contributed by atoms with van der Waals surface area (Å²) in [6.45, 7) is 9.80. The van der Waals surface area contributed by atoms with Gasteiger partial charge in [0.1, 0.15) is 18.7 Å². The summed E-state index contributed by atoms with van der Waals surface area (Å²) in [5.74, 6) is 1.24. The van der Waals surface area contributed by atoms with Gasteiger partial charge in [0, 0.05) is 38.8 Å². The Hall–Kier alpha value is -0.680. The first-order chi connectivity index (χ1) is 18.0. The van der Waals surface area contributed by atoms with Crippen molar-refractivity contribution in [2.45, 2.75) is 89.7 Å². The van der Waals surface area contributed by atoms with Crippen molar-refractivity contribution >= 4 is 17.4 Å². The highest BCUT2D eigenvalue weighted by Gasteiger charge is 2.41. The molecule has 0 bridgehead atoms. The van der Waals surface area contributed by atoms with Crippen molar-refractivity contribution in [1.82, 2.24) is 20.0 Å². The van der Waals surface area contributed by atoms with Crippen LogP contribution in [0.3, 0.4) is 0 Å². The summed E-state index contributed by atoms with van der Waals surface area (Å²) in [6, 6.07) is 0.112. The highest BCUT2D eigenvalue weighted by Crippen LogP contribution is 2.38. The van der Waals surface area contributed by atoms with Crippen LogP contribution in [-0.2, 0) is 9.47 Å². The van der Waals surface area contributed by atoms with Gasteiger partial charge in [-0.05, 0) is 55.8 Å². The molecule has 3 rings (SSSR count). The molecule has 1 saturated carbocycles. The summed E-state index contributed by atoms with van der Waals surface area (Å²) in [7, 11) is 0. The number of epoxide rings is 2. The van der Waals surface area contributed by atoms with Crippen LogP contribution in [0.15, 0.2) is 4.99 Å². The normalized spacial score (nSPS) is 35.3. The number of nitrogens with two attached hydrogens (primary N) is 4. The molecule has 38 heavy (non-hydrogen) atoms. The fourth-order valence-electron chi connectivity index (χ4n) is 5.76. The SMILES string of the molecule is CCN(CCN(CCN(C(N)O)C(CNC1OC1N)CC1CC(C)C(N=C=S)CC1C)C(N)O)C1OC1N. The van der Waals surface area contributed by atoms with Gasteiger partial charge in [-0.1, -0.05) is 20.8 Å². The molecule has 11 N–H and O–H groups in total. The van der Waals surface area contributed by atoms with Crippen molar-refractivity contribution in [2.75, 3.05) is 39.3 Å². The third-order valence-electron chi connectivity index (χ3n) is 8.39. The first kappa shape index (κ1) is 31.8. The van der Waals surface area contributed by atoms with E-state index in [1.54, 1.807) is 4.90 Å². The second kappa shape index (κ2) is 14.8. The number of thiocarbonyl (C=S) groups is 1. The molecule has 3 aliphatic rings. The number of likely N-dealkylation sites (N-methyl/N-ethyl adjacent to an activating group) is 1. The molecule has 0 aromatic rings. The molecule has 0 radical (unpaired) electrons. The predicted molar refractivity (Wildman–Crippen MR) is 148 cm³/mol. The summed E-state index contributed by atoms with van der Waals surface area (Å²) >= 11 is 4.85. The minimum absolute atomic E-state index is 0.0848. The van der Waals surface area contributed by atoms with Crippen LogP contribution in [0.4, 0.5) is 0 Å². The number of ether oxygens (including phenoxy) is 2. The molecule has 11 atom stereocenters. The molecule has 3 fully saturated rings. The van der Waals surface area contributed by atoms with E-state index in [4.69, 9.17) is 44.6 Å². The Bertz CT molecular complexity index is 777. The summed E-state index contributed by atoms with van der Waals surface area (Å²) in [4.78, 5) is 10.1. The molecule has 220 valence electrons. The molecule has 0 spiro atoms. The maximum atomic E-state index is 10.6. The Kier molecular flexibility index (Phi) is 12.4. The minimum atomic E-state index is -1.18. The summed E-state index contributed by atoms with van der Waals surface area (Å²) in [5, 5.41) is 26.8. The Morgan fingerprint density at radius 2 is 1.68 bits per heavy atom. The van der Waals surface area contributed by atoms with E-state index in [0.29, 0.717) is 50.5 Å². The maximum absolute atomic E-state index is 10.6. The van der Waals surface area contributed by atoms with Gasteiger partial charge >= 0.3 is 0 Å². The van der Waals surface area contributed by atoms with Crippen LogP contribution in [0, 0.1) is 17.8 Å². The van der Waals surface area contributed by atoms with Gasteiger partial charge in [-0.3, -0.25) is 31.5 Å². The van der Waals surface area contributed by atoms with E-state index in [9.17, 15) is 10.2 Å². The van der Waals surface area contributed by atoms with Crippen LogP contribution in [0.2, 0.25) is 0 Å². The van der Waals surface area contributed by atoms with Gasteiger partial charge in [0.05, 0.1) is 11.2 Å². The van der Waals surface area contributed by atoms with Crippen LogP contribution in [-0.4, -0.2) is 119 Å². The van der Waals surface area contributed by atoms with E-state index in [1.165, 1.54) is 0 Å². The van der Waals surface area contributed by atoms with Gasteiger partial charge in [0.2, 0.25) is 0 Å². The fraction of sp³-hybridized carbons (Fsp3) is 0.958. The lowest BCUT2D eigenvalue weighted by Gasteiger charge is -2.42. The van der Waals surface area contributed by atoms with Gasteiger partial charge in [-0.25, -0.2) is 4.99 Å². The van der Waals surface area contributed by atoms with Gasteiger partial charge in [0.25, 0.3) is 0 Å². The van der Waals surface area contributed by atoms with E-state index in [2.05, 4.69) is 34.2 Å². The molecule has 0 aromatic carbocycles. The number of rotatable bonds is 17. The van der Waals surface area contributed by atoms with E-state index in [1.807, 2.05) is 11.8 Å². The smallest absolute Gasteiger partial charge is 0.160 e. The topological polar surface area (TPSA) is 204 Å². The Morgan fingerprint density at radius 1 is 1.03 bits per heavy atom. The largest absolute Gasteiger partial charge is 0.365 e. The molecule has 0 amide bonds. The molecule has 11 unspecified atom stereocenters. The molecule has 2 aliphatic heterocycles. The summed E-state index contributed by atoms with van der Waals surface area (Å²) in [6.07, 6.45) is -0.428. The number of aliphatic hydroxyl groups is 2. The van der Waals surface area contributed by atoms with Gasteiger partial charge in [-0.2, -0.15) is 0 Å². The van der Waals surface area contributed by atoms with Gasteiger partial charge < -0.3 is 31.2 Å². The lowest BCUT2D eigenvalue weighted by Crippen LogP contribution is -2.57. The van der Waals surface area contributed by atoms with Gasteiger partial charge in [-0.15, -0.1) is 0 Å². The number of nitrogens with one attached hydrogen (secondary N) is 1. The predicted octanol–water partition coefficient (Wildman–Crippen LogP) is -1.83. The molecule has 13 nitrogen and oxygen atoms in total. The zero-order valence-corrected chi connectivity index (χ0v) is 23.7. The van der Waals surface area contributed by atoms with Crippen LogP contribution >= 0.6 is 12.2 Å². The molecule has 0 aromatic heterocycles. The first-order valence-electron chi connectivity index (χ1n) is 13.8. The van der Waals surface area contributed by atoms with Crippen molar-refractivity contribution in [3.8, 4) is 0 Å². The second-order valence-corrected chi connectivity index (χ2v) is 11.2. The van der Waals surface area contributed by atoms with Crippen LogP contribution in [0.1, 0.15) is 40.0 Å². The molecule has 14 heteroatoms. The Labute approximate surface area is 231 Å². The second-order valence-electron chi connectivity index (χ2n) is 11.0. The summed E-state index contributed by atoms with van der Waals surface area (Å²) in [5.41, 5.74) is 23.6. The average Bonchev–Trinajstić information content (AvgIpc) is 3.76.